The molecule has 1 aromatic heterocycles. The lowest BCUT2D eigenvalue weighted by Gasteiger charge is -2.10. The molecule has 1 atom stereocenters. The number of fused-ring (bicyclic) bond motifs is 1. The molecule has 4 rings (SSSR count). The Labute approximate surface area is 210 Å². The van der Waals surface area contributed by atoms with E-state index in [9.17, 15) is 4.79 Å². The van der Waals surface area contributed by atoms with Crippen LogP contribution in [0.3, 0.4) is 0 Å². The molecule has 0 saturated carbocycles. The molecule has 180 valence electrons. The second-order valence-electron chi connectivity index (χ2n) is 8.41. The fourth-order valence-corrected chi connectivity index (χ4v) is 3.78. The Balaban J connectivity index is 1.37. The van der Waals surface area contributed by atoms with Crippen LogP contribution in [0.15, 0.2) is 71.1 Å². The van der Waals surface area contributed by atoms with E-state index in [1.165, 1.54) is 5.56 Å². The second kappa shape index (κ2) is 11.1. The Bertz CT molecular complexity index is 1310. The average molecular weight is 488 g/mol. The van der Waals surface area contributed by atoms with Crippen LogP contribution in [0, 0.1) is 0 Å². The first kappa shape index (κ1) is 24.4. The number of benzene rings is 3. The number of carbonyl (C=O) groups excluding carboxylic acids is 1. The van der Waals surface area contributed by atoms with Crippen molar-refractivity contribution in [1.29, 1.82) is 0 Å². The molecule has 2 N–H and O–H groups in total. The molecule has 0 saturated heterocycles. The van der Waals surface area contributed by atoms with Crippen molar-refractivity contribution in [2.24, 2.45) is 0 Å². The molecular weight excluding hydrogens is 458 g/mol. The zero-order chi connectivity index (χ0) is 24.8. The van der Waals surface area contributed by atoms with Crippen LogP contribution < -0.4 is 15.4 Å². The highest BCUT2D eigenvalue weighted by atomic mass is 32.1. The van der Waals surface area contributed by atoms with Gasteiger partial charge >= 0.3 is 0 Å². The summed E-state index contributed by atoms with van der Waals surface area (Å²) in [5, 5.41) is 5.95. The molecule has 1 heterocycles. The van der Waals surface area contributed by atoms with Gasteiger partial charge in [0.1, 0.15) is 11.3 Å². The topological polar surface area (TPSA) is 76.4 Å². The number of oxazole rings is 1. The van der Waals surface area contributed by atoms with E-state index in [4.69, 9.17) is 21.4 Å². The predicted octanol–water partition coefficient (Wildman–Crippen LogP) is 6.92. The van der Waals surface area contributed by atoms with E-state index in [2.05, 4.69) is 41.6 Å². The van der Waals surface area contributed by atoms with Crippen LogP contribution in [0.25, 0.3) is 22.6 Å². The third-order valence-corrected chi connectivity index (χ3v) is 6.00. The first-order valence-corrected chi connectivity index (χ1v) is 12.2. The minimum absolute atomic E-state index is 0.216. The number of anilines is 1. The summed E-state index contributed by atoms with van der Waals surface area (Å²) in [7, 11) is 0. The molecule has 0 spiro atoms. The van der Waals surface area contributed by atoms with E-state index in [-0.39, 0.29) is 11.0 Å². The smallest absolute Gasteiger partial charge is 0.257 e. The molecule has 1 amide bonds. The summed E-state index contributed by atoms with van der Waals surface area (Å²) in [4.78, 5) is 17.1. The monoisotopic (exact) mass is 487 g/mol. The minimum atomic E-state index is -0.288. The average Bonchev–Trinajstić information content (AvgIpc) is 3.31. The third kappa shape index (κ3) is 6.05. The van der Waals surface area contributed by atoms with Crippen LogP contribution in [0.4, 0.5) is 5.69 Å². The predicted molar refractivity (Wildman–Crippen MR) is 144 cm³/mol. The Morgan fingerprint density at radius 3 is 2.49 bits per heavy atom. The summed E-state index contributed by atoms with van der Waals surface area (Å²) in [5.41, 5.74) is 4.99. The van der Waals surface area contributed by atoms with Gasteiger partial charge in [-0.15, -0.1) is 0 Å². The molecule has 35 heavy (non-hydrogen) atoms. The third-order valence-electron chi connectivity index (χ3n) is 5.80. The van der Waals surface area contributed by atoms with Gasteiger partial charge in [-0.3, -0.25) is 10.1 Å². The summed E-state index contributed by atoms with van der Waals surface area (Å²) in [6.45, 7) is 7.07. The quantitative estimate of drug-likeness (QED) is 0.263. The van der Waals surface area contributed by atoms with Crippen molar-refractivity contribution in [1.82, 2.24) is 10.3 Å². The summed E-state index contributed by atoms with van der Waals surface area (Å²) in [5.74, 6) is 1.49. The first-order valence-electron chi connectivity index (χ1n) is 11.8. The van der Waals surface area contributed by atoms with Gasteiger partial charge in [0.25, 0.3) is 5.91 Å². The van der Waals surface area contributed by atoms with E-state index in [0.29, 0.717) is 24.0 Å². The number of hydrogen-bond donors (Lipinski definition) is 2. The van der Waals surface area contributed by atoms with Gasteiger partial charge in [-0.25, -0.2) is 4.98 Å². The molecular formula is C28H29N3O3S. The molecule has 3 aromatic carbocycles. The number of ether oxygens (including phenoxy) is 1. The number of hydrogen-bond acceptors (Lipinski definition) is 5. The van der Waals surface area contributed by atoms with E-state index in [1.807, 2.05) is 37.3 Å². The number of thiocarbonyl (C=S) groups is 1. The standard InChI is InChI=1S/C28H29N3O3S/c1-4-16-33-23-13-8-19(9-14-23)26(32)31-28(35)29-22-11-6-20(7-12-22)27-30-24-17-21(18(3)5-2)10-15-25(24)34-27/h6-15,17-18H,4-5,16H2,1-3H3,(H2,29,31,32,35)/t18-/m0/s1. The van der Waals surface area contributed by atoms with E-state index >= 15 is 0 Å². The molecule has 0 bridgehead atoms. The largest absolute Gasteiger partial charge is 0.494 e. The second-order valence-corrected chi connectivity index (χ2v) is 8.82. The van der Waals surface area contributed by atoms with Crippen molar-refractivity contribution >= 4 is 40.0 Å². The van der Waals surface area contributed by atoms with Gasteiger partial charge in [-0.2, -0.15) is 0 Å². The summed E-state index contributed by atoms with van der Waals surface area (Å²) < 4.78 is 11.5. The Hall–Kier alpha value is -3.71. The van der Waals surface area contributed by atoms with E-state index in [0.717, 1.165) is 40.9 Å². The van der Waals surface area contributed by atoms with Gasteiger partial charge in [0.15, 0.2) is 10.7 Å². The maximum absolute atomic E-state index is 12.5. The number of nitrogens with zero attached hydrogens (tertiary/aromatic N) is 1. The molecule has 4 aromatic rings. The molecule has 6 nitrogen and oxygen atoms in total. The van der Waals surface area contributed by atoms with Crippen LogP contribution in [0.1, 0.15) is 55.5 Å². The lowest BCUT2D eigenvalue weighted by Crippen LogP contribution is -2.34. The van der Waals surface area contributed by atoms with Crippen LogP contribution >= 0.6 is 12.2 Å². The SMILES string of the molecule is CCCOc1ccc(C(=O)NC(=S)Nc2ccc(-c3nc4cc([C@@H](C)CC)ccc4o3)cc2)cc1. The normalized spacial score (nSPS) is 11.7. The highest BCUT2D eigenvalue weighted by Crippen LogP contribution is 2.28. The fraction of sp³-hybridized carbons (Fsp3) is 0.250. The number of nitrogens with one attached hydrogen (secondary N) is 2. The van der Waals surface area contributed by atoms with Crippen molar-refractivity contribution in [3.05, 3.63) is 77.9 Å². The van der Waals surface area contributed by atoms with E-state index in [1.54, 1.807) is 24.3 Å². The van der Waals surface area contributed by atoms with Crippen LogP contribution in [0.2, 0.25) is 0 Å². The molecule has 0 aliphatic carbocycles. The highest BCUT2D eigenvalue weighted by Gasteiger charge is 2.12. The van der Waals surface area contributed by atoms with Crippen LogP contribution in [-0.2, 0) is 0 Å². The molecule has 0 aliphatic rings. The lowest BCUT2D eigenvalue weighted by molar-refractivity contribution is 0.0977. The Morgan fingerprint density at radius 2 is 1.80 bits per heavy atom. The number of carbonyl (C=O) groups is 1. The lowest BCUT2D eigenvalue weighted by atomic mass is 9.98. The maximum Gasteiger partial charge on any atom is 0.257 e. The van der Waals surface area contributed by atoms with Gasteiger partial charge in [-0.05, 0) is 97.2 Å². The van der Waals surface area contributed by atoms with Crippen molar-refractivity contribution in [3.8, 4) is 17.2 Å². The summed E-state index contributed by atoms with van der Waals surface area (Å²) >= 11 is 5.31. The zero-order valence-corrected chi connectivity index (χ0v) is 20.9. The van der Waals surface area contributed by atoms with Gasteiger partial charge in [-0.1, -0.05) is 26.8 Å². The molecule has 0 unspecified atom stereocenters. The Morgan fingerprint density at radius 1 is 1.06 bits per heavy atom. The zero-order valence-electron chi connectivity index (χ0n) is 20.1. The van der Waals surface area contributed by atoms with Crippen LogP contribution in [0.5, 0.6) is 5.75 Å². The van der Waals surface area contributed by atoms with Crippen molar-refractivity contribution < 1.29 is 13.9 Å². The van der Waals surface area contributed by atoms with Crippen LogP contribution in [-0.4, -0.2) is 22.6 Å². The number of aromatic nitrogens is 1. The number of rotatable bonds is 8. The van der Waals surface area contributed by atoms with Gasteiger partial charge in [0, 0.05) is 16.8 Å². The van der Waals surface area contributed by atoms with Gasteiger partial charge < -0.3 is 14.5 Å². The molecule has 0 radical (unpaired) electrons. The first-order chi connectivity index (χ1) is 17.0. The minimum Gasteiger partial charge on any atom is -0.494 e. The van der Waals surface area contributed by atoms with Crippen molar-refractivity contribution in [2.45, 2.75) is 39.5 Å². The Kier molecular flexibility index (Phi) is 7.77. The molecule has 7 heteroatoms. The van der Waals surface area contributed by atoms with Crippen molar-refractivity contribution in [3.63, 3.8) is 0 Å². The summed E-state index contributed by atoms with van der Waals surface area (Å²) in [6.07, 6.45) is 2.00. The highest BCUT2D eigenvalue weighted by molar-refractivity contribution is 7.80. The van der Waals surface area contributed by atoms with Gasteiger partial charge in [0.05, 0.1) is 6.61 Å². The maximum atomic E-state index is 12.5. The summed E-state index contributed by atoms with van der Waals surface area (Å²) in [6, 6.07) is 20.7. The fourth-order valence-electron chi connectivity index (χ4n) is 3.57. The van der Waals surface area contributed by atoms with Gasteiger partial charge in [0.2, 0.25) is 5.89 Å². The van der Waals surface area contributed by atoms with E-state index < -0.39 is 0 Å². The van der Waals surface area contributed by atoms with Crippen molar-refractivity contribution in [2.75, 3.05) is 11.9 Å². The molecule has 0 aliphatic heterocycles. The molecule has 0 fully saturated rings. The number of amides is 1.